The number of hydrogen-bond donors (Lipinski definition) is 0. The molecule has 0 fully saturated rings. The normalized spacial score (nSPS) is 10.9. The first kappa shape index (κ1) is 20.0. The van der Waals surface area contributed by atoms with Crippen molar-refractivity contribution in [2.24, 2.45) is 0 Å². The monoisotopic (exact) mass is 420 g/mol. The Kier molecular flexibility index (Phi) is 5.72. The van der Waals surface area contributed by atoms with Crippen LogP contribution in [-0.4, -0.2) is 16.0 Å². The first-order valence-corrected chi connectivity index (χ1v) is 9.98. The molecule has 2 aromatic heterocycles. The van der Waals surface area contributed by atoms with E-state index in [1.54, 1.807) is 41.5 Å². The average molecular weight is 421 g/mol. The molecule has 0 atom stereocenters. The Morgan fingerprint density at radius 3 is 2.57 bits per heavy atom. The van der Waals surface area contributed by atoms with Crippen LogP contribution in [-0.2, 0) is 13.1 Å². The molecule has 2 aromatic carbocycles. The summed E-state index contributed by atoms with van der Waals surface area (Å²) in [6.45, 7) is 4.68. The molecule has 0 N–H and O–H groups in total. The van der Waals surface area contributed by atoms with Gasteiger partial charge in [0, 0.05) is 22.2 Å². The van der Waals surface area contributed by atoms with Gasteiger partial charge in [0.2, 0.25) is 0 Å². The van der Waals surface area contributed by atoms with Crippen molar-refractivity contribution in [3.8, 4) is 11.3 Å². The summed E-state index contributed by atoms with van der Waals surface area (Å²) >= 11 is 5.96. The van der Waals surface area contributed by atoms with E-state index in [1.807, 2.05) is 26.0 Å². The maximum Gasteiger partial charge on any atom is 0.254 e. The molecular formula is C24H21ClN2O3. The van der Waals surface area contributed by atoms with Gasteiger partial charge >= 0.3 is 0 Å². The predicted octanol–water partition coefficient (Wildman–Crippen LogP) is 6.05. The Morgan fingerprint density at radius 2 is 1.83 bits per heavy atom. The molecule has 0 spiro atoms. The van der Waals surface area contributed by atoms with Crippen molar-refractivity contribution in [3.05, 3.63) is 100 Å². The van der Waals surface area contributed by atoms with Crippen LogP contribution in [0.5, 0.6) is 0 Å². The lowest BCUT2D eigenvalue weighted by Gasteiger charge is -2.20. The topological polar surface area (TPSA) is 59.5 Å². The third kappa shape index (κ3) is 4.47. The Balaban J connectivity index is 1.60. The molecule has 4 rings (SSSR count). The van der Waals surface area contributed by atoms with Crippen LogP contribution in [0, 0.1) is 13.8 Å². The Labute approximate surface area is 179 Å². The minimum absolute atomic E-state index is 0.139. The van der Waals surface area contributed by atoms with Crippen molar-refractivity contribution < 1.29 is 13.7 Å². The molecule has 5 nitrogen and oxygen atoms in total. The Morgan fingerprint density at radius 1 is 1.03 bits per heavy atom. The largest absolute Gasteiger partial charge is 0.467 e. The van der Waals surface area contributed by atoms with E-state index >= 15 is 0 Å². The fourth-order valence-corrected chi connectivity index (χ4v) is 3.40. The van der Waals surface area contributed by atoms with Crippen molar-refractivity contribution in [2.45, 2.75) is 26.9 Å². The second-order valence-corrected chi connectivity index (χ2v) is 7.68. The summed E-state index contributed by atoms with van der Waals surface area (Å²) in [4.78, 5) is 14.8. The lowest BCUT2D eigenvalue weighted by molar-refractivity contribution is 0.0714. The highest BCUT2D eigenvalue weighted by molar-refractivity contribution is 6.30. The molecule has 0 radical (unpaired) electrons. The van der Waals surface area contributed by atoms with Crippen LogP contribution in [0.25, 0.3) is 11.3 Å². The molecule has 0 bridgehead atoms. The summed E-state index contributed by atoms with van der Waals surface area (Å²) in [5.41, 5.74) is 4.46. The fourth-order valence-electron chi connectivity index (χ4n) is 3.28. The number of carbonyl (C=O) groups excluding carboxylic acids is 1. The van der Waals surface area contributed by atoms with Crippen LogP contribution >= 0.6 is 11.6 Å². The minimum atomic E-state index is -0.139. The van der Waals surface area contributed by atoms with Crippen molar-refractivity contribution in [1.82, 2.24) is 10.1 Å². The van der Waals surface area contributed by atoms with E-state index in [0.717, 1.165) is 16.7 Å². The minimum Gasteiger partial charge on any atom is -0.467 e. The van der Waals surface area contributed by atoms with E-state index < -0.39 is 0 Å². The van der Waals surface area contributed by atoms with Crippen molar-refractivity contribution in [3.63, 3.8) is 0 Å². The molecule has 0 aliphatic heterocycles. The summed E-state index contributed by atoms with van der Waals surface area (Å²) in [6.07, 6.45) is 1.59. The van der Waals surface area contributed by atoms with Gasteiger partial charge in [0.1, 0.15) is 11.5 Å². The van der Waals surface area contributed by atoms with Crippen molar-refractivity contribution >= 4 is 17.5 Å². The van der Waals surface area contributed by atoms with E-state index in [1.165, 1.54) is 0 Å². The second-order valence-electron chi connectivity index (χ2n) is 7.25. The Bertz CT molecular complexity index is 1150. The van der Waals surface area contributed by atoms with Crippen molar-refractivity contribution in [1.29, 1.82) is 0 Å². The zero-order valence-corrected chi connectivity index (χ0v) is 17.5. The zero-order chi connectivity index (χ0) is 21.1. The van der Waals surface area contributed by atoms with Gasteiger partial charge in [-0.15, -0.1) is 0 Å². The number of nitrogens with zero attached hydrogens (tertiary/aromatic N) is 2. The van der Waals surface area contributed by atoms with Crippen LogP contribution in [0.3, 0.4) is 0 Å². The standard InChI is InChI=1S/C24H21ClN2O3/c1-16-5-6-17(2)22(12-16)23-13-20(26-30-23)14-27(15-21-4-3-11-29-21)24(28)18-7-9-19(25)10-8-18/h3-13H,14-15H2,1-2H3. The van der Waals surface area contributed by atoms with Gasteiger partial charge in [-0.05, 0) is 61.9 Å². The molecule has 30 heavy (non-hydrogen) atoms. The first-order valence-electron chi connectivity index (χ1n) is 9.60. The summed E-state index contributed by atoms with van der Waals surface area (Å²) in [7, 11) is 0. The fraction of sp³-hybridized carbons (Fsp3) is 0.167. The average Bonchev–Trinajstić information content (AvgIpc) is 3.42. The number of hydrogen-bond acceptors (Lipinski definition) is 4. The number of carbonyl (C=O) groups is 1. The number of aryl methyl sites for hydroxylation is 2. The lowest BCUT2D eigenvalue weighted by Crippen LogP contribution is -2.30. The van der Waals surface area contributed by atoms with Crippen LogP contribution in [0.1, 0.15) is 32.9 Å². The molecule has 1 amide bonds. The SMILES string of the molecule is Cc1ccc(C)c(-c2cc(CN(Cc3ccco3)C(=O)c3ccc(Cl)cc3)no2)c1. The highest BCUT2D eigenvalue weighted by Crippen LogP contribution is 2.26. The van der Waals surface area contributed by atoms with Crippen LogP contribution in [0.2, 0.25) is 5.02 Å². The van der Waals surface area contributed by atoms with Crippen LogP contribution < -0.4 is 0 Å². The summed E-state index contributed by atoms with van der Waals surface area (Å²) in [6, 6.07) is 18.5. The number of aromatic nitrogens is 1. The van der Waals surface area contributed by atoms with Gasteiger partial charge in [-0.2, -0.15) is 0 Å². The summed E-state index contributed by atoms with van der Waals surface area (Å²) < 4.78 is 11.0. The number of benzene rings is 2. The highest BCUT2D eigenvalue weighted by atomic mass is 35.5. The van der Waals surface area contributed by atoms with E-state index in [0.29, 0.717) is 34.3 Å². The molecule has 0 aliphatic rings. The molecule has 4 aromatic rings. The lowest BCUT2D eigenvalue weighted by atomic mass is 10.0. The van der Waals surface area contributed by atoms with Gasteiger partial charge in [0.15, 0.2) is 5.76 Å². The van der Waals surface area contributed by atoms with Crippen LogP contribution in [0.4, 0.5) is 0 Å². The number of halogens is 1. The van der Waals surface area contributed by atoms with E-state index in [-0.39, 0.29) is 12.5 Å². The maximum absolute atomic E-state index is 13.1. The van der Waals surface area contributed by atoms with E-state index in [9.17, 15) is 4.79 Å². The van der Waals surface area contributed by atoms with E-state index in [4.69, 9.17) is 20.5 Å². The maximum atomic E-state index is 13.1. The van der Waals surface area contributed by atoms with Crippen molar-refractivity contribution in [2.75, 3.05) is 0 Å². The number of furan rings is 1. The molecule has 6 heteroatoms. The van der Waals surface area contributed by atoms with Gasteiger partial charge < -0.3 is 13.8 Å². The quantitative estimate of drug-likeness (QED) is 0.381. The number of amides is 1. The number of rotatable bonds is 6. The Hall–Kier alpha value is -3.31. The summed E-state index contributed by atoms with van der Waals surface area (Å²) in [5.74, 6) is 1.23. The molecular weight excluding hydrogens is 400 g/mol. The molecule has 2 heterocycles. The smallest absolute Gasteiger partial charge is 0.254 e. The molecule has 0 aliphatic carbocycles. The van der Waals surface area contributed by atoms with Gasteiger partial charge in [-0.1, -0.05) is 34.5 Å². The van der Waals surface area contributed by atoms with Gasteiger partial charge in [-0.25, -0.2) is 0 Å². The van der Waals surface area contributed by atoms with Gasteiger partial charge in [0.05, 0.1) is 19.4 Å². The third-order valence-corrected chi connectivity index (χ3v) is 5.13. The second kappa shape index (κ2) is 8.59. The predicted molar refractivity (Wildman–Crippen MR) is 115 cm³/mol. The van der Waals surface area contributed by atoms with Crippen LogP contribution in [0.15, 0.2) is 75.9 Å². The highest BCUT2D eigenvalue weighted by Gasteiger charge is 2.20. The molecule has 0 unspecified atom stereocenters. The third-order valence-electron chi connectivity index (χ3n) is 4.88. The first-order chi connectivity index (χ1) is 14.5. The zero-order valence-electron chi connectivity index (χ0n) is 16.8. The molecule has 152 valence electrons. The summed E-state index contributed by atoms with van der Waals surface area (Å²) in [5, 5.41) is 4.78. The molecule has 0 saturated heterocycles. The van der Waals surface area contributed by atoms with Gasteiger partial charge in [-0.3, -0.25) is 4.79 Å². The van der Waals surface area contributed by atoms with E-state index in [2.05, 4.69) is 23.4 Å². The van der Waals surface area contributed by atoms with Gasteiger partial charge in [0.25, 0.3) is 5.91 Å². The molecule has 0 saturated carbocycles.